The topological polar surface area (TPSA) is 102 Å². The summed E-state index contributed by atoms with van der Waals surface area (Å²) in [4.78, 5) is 23.1. The molecule has 0 aromatic heterocycles. The van der Waals surface area contributed by atoms with Gasteiger partial charge in [-0.05, 0) is 32.9 Å². The number of esters is 1. The predicted molar refractivity (Wildman–Crippen MR) is 114 cm³/mol. The van der Waals surface area contributed by atoms with Gasteiger partial charge in [-0.2, -0.15) is 0 Å². The highest BCUT2D eigenvalue weighted by Gasteiger charge is 2.15. The molecular formula is C22H35NO8. The summed E-state index contributed by atoms with van der Waals surface area (Å²) >= 11 is 0. The Bertz CT molecular complexity index is 603. The zero-order valence-electron chi connectivity index (χ0n) is 18.7. The zero-order chi connectivity index (χ0) is 22.8. The van der Waals surface area contributed by atoms with Gasteiger partial charge in [-0.15, -0.1) is 0 Å². The van der Waals surface area contributed by atoms with Crippen LogP contribution >= 0.6 is 0 Å². The molecule has 0 unspecified atom stereocenters. The third-order valence-corrected chi connectivity index (χ3v) is 3.50. The summed E-state index contributed by atoms with van der Waals surface area (Å²) < 4.78 is 31.7. The highest BCUT2D eigenvalue weighted by Crippen LogP contribution is 2.06. The molecule has 0 saturated heterocycles. The number of benzene rings is 1. The first-order valence-electron chi connectivity index (χ1n) is 10.4. The molecule has 0 radical (unpaired) electrons. The molecule has 1 amide bonds. The Balaban J connectivity index is 1.78. The van der Waals surface area contributed by atoms with Crippen LogP contribution < -0.4 is 5.32 Å². The molecule has 0 saturated carbocycles. The van der Waals surface area contributed by atoms with E-state index in [1.54, 1.807) is 24.3 Å². The minimum atomic E-state index is -0.510. The molecule has 1 aromatic carbocycles. The molecule has 1 aromatic rings. The maximum atomic E-state index is 11.7. The lowest BCUT2D eigenvalue weighted by Gasteiger charge is -2.19. The fraction of sp³-hybridized carbons (Fsp3) is 0.636. The lowest BCUT2D eigenvalue weighted by molar-refractivity contribution is -0.00892. The van der Waals surface area contributed by atoms with Crippen molar-refractivity contribution in [1.29, 1.82) is 0 Å². The van der Waals surface area contributed by atoms with E-state index in [9.17, 15) is 9.59 Å². The first kappa shape index (κ1) is 26.8. The molecular weight excluding hydrogens is 406 g/mol. The van der Waals surface area contributed by atoms with Crippen molar-refractivity contribution in [2.75, 3.05) is 66.0 Å². The summed E-state index contributed by atoms with van der Waals surface area (Å²) in [5.74, 6) is -0.360. The monoisotopic (exact) mass is 441 g/mol. The normalized spacial score (nSPS) is 11.2. The van der Waals surface area contributed by atoms with Gasteiger partial charge < -0.3 is 33.7 Å². The van der Waals surface area contributed by atoms with Crippen molar-refractivity contribution in [1.82, 2.24) is 5.32 Å². The molecule has 31 heavy (non-hydrogen) atoms. The van der Waals surface area contributed by atoms with Gasteiger partial charge in [-0.1, -0.05) is 18.2 Å². The molecule has 0 spiro atoms. The molecule has 1 N–H and O–H groups in total. The van der Waals surface area contributed by atoms with Crippen LogP contribution in [-0.4, -0.2) is 83.7 Å². The van der Waals surface area contributed by atoms with Gasteiger partial charge >= 0.3 is 12.1 Å². The zero-order valence-corrected chi connectivity index (χ0v) is 18.7. The first-order valence-corrected chi connectivity index (χ1v) is 10.4. The predicted octanol–water partition coefficient (Wildman–Crippen LogP) is 2.43. The van der Waals surface area contributed by atoms with E-state index < -0.39 is 11.7 Å². The fourth-order valence-corrected chi connectivity index (χ4v) is 2.15. The van der Waals surface area contributed by atoms with Crippen molar-refractivity contribution in [3.8, 4) is 0 Å². The van der Waals surface area contributed by atoms with Crippen LogP contribution in [0.2, 0.25) is 0 Å². The lowest BCUT2D eigenvalue weighted by Crippen LogP contribution is -2.34. The molecule has 0 atom stereocenters. The maximum Gasteiger partial charge on any atom is 0.407 e. The molecule has 0 heterocycles. The van der Waals surface area contributed by atoms with Gasteiger partial charge in [0.1, 0.15) is 12.2 Å². The van der Waals surface area contributed by atoms with Crippen LogP contribution in [0.4, 0.5) is 4.79 Å². The van der Waals surface area contributed by atoms with Gasteiger partial charge in [0.05, 0.1) is 58.4 Å². The Labute approximate surface area is 184 Å². The van der Waals surface area contributed by atoms with Crippen molar-refractivity contribution >= 4 is 12.1 Å². The first-order chi connectivity index (χ1) is 14.9. The number of carbonyl (C=O) groups excluding carboxylic acids is 2. The van der Waals surface area contributed by atoms with Gasteiger partial charge in [0.15, 0.2) is 0 Å². The molecule has 9 heteroatoms. The van der Waals surface area contributed by atoms with Crippen molar-refractivity contribution in [2.24, 2.45) is 0 Å². The number of ether oxygens (including phenoxy) is 6. The number of amides is 1. The SMILES string of the molecule is CC(C)(C)OC(=O)NCCOCCOCCOCCOCCOC(=O)c1ccccc1. The van der Waals surface area contributed by atoms with Crippen molar-refractivity contribution in [3.05, 3.63) is 35.9 Å². The van der Waals surface area contributed by atoms with Gasteiger partial charge in [0.25, 0.3) is 0 Å². The minimum absolute atomic E-state index is 0.199. The van der Waals surface area contributed by atoms with Crippen molar-refractivity contribution in [3.63, 3.8) is 0 Å². The number of hydrogen-bond donors (Lipinski definition) is 1. The van der Waals surface area contributed by atoms with Gasteiger partial charge in [0.2, 0.25) is 0 Å². The molecule has 0 aliphatic rings. The van der Waals surface area contributed by atoms with Crippen LogP contribution in [0.15, 0.2) is 30.3 Å². The minimum Gasteiger partial charge on any atom is -0.460 e. The average Bonchev–Trinajstić information content (AvgIpc) is 2.72. The smallest absolute Gasteiger partial charge is 0.407 e. The number of alkyl carbamates (subject to hydrolysis) is 1. The standard InChI is InChI=1S/C22H35NO8/c1-22(2,3)31-21(25)23-9-10-26-11-12-27-13-14-28-15-16-29-17-18-30-20(24)19-7-5-4-6-8-19/h4-8H,9-18H2,1-3H3,(H,23,25). The third kappa shape index (κ3) is 16.2. The summed E-state index contributed by atoms with van der Waals surface area (Å²) in [6, 6.07) is 8.82. The van der Waals surface area contributed by atoms with E-state index in [1.165, 1.54) is 0 Å². The molecule has 0 aliphatic carbocycles. The Kier molecular flexibility index (Phi) is 14.3. The average molecular weight is 442 g/mol. The Morgan fingerprint density at radius 2 is 1.23 bits per heavy atom. The van der Waals surface area contributed by atoms with Gasteiger partial charge in [0, 0.05) is 6.54 Å². The number of rotatable bonds is 16. The van der Waals surface area contributed by atoms with Crippen LogP contribution in [0.1, 0.15) is 31.1 Å². The highest BCUT2D eigenvalue weighted by molar-refractivity contribution is 5.89. The third-order valence-electron chi connectivity index (χ3n) is 3.50. The molecule has 9 nitrogen and oxygen atoms in total. The molecule has 176 valence electrons. The number of hydrogen-bond acceptors (Lipinski definition) is 8. The van der Waals surface area contributed by atoms with Crippen LogP contribution in [0, 0.1) is 0 Å². The molecule has 1 rings (SSSR count). The summed E-state index contributed by atoms with van der Waals surface area (Å²) in [5, 5.41) is 2.61. The summed E-state index contributed by atoms with van der Waals surface area (Å²) in [5.41, 5.74) is 0.0124. The number of nitrogens with one attached hydrogen (secondary N) is 1. The van der Waals surface area contributed by atoms with E-state index >= 15 is 0 Å². The van der Waals surface area contributed by atoms with E-state index in [2.05, 4.69) is 5.32 Å². The van der Waals surface area contributed by atoms with Gasteiger partial charge in [-0.25, -0.2) is 9.59 Å². The second-order valence-corrected chi connectivity index (χ2v) is 7.38. The van der Waals surface area contributed by atoms with E-state index in [4.69, 9.17) is 28.4 Å². The van der Waals surface area contributed by atoms with E-state index in [1.807, 2.05) is 26.8 Å². The van der Waals surface area contributed by atoms with E-state index in [0.717, 1.165) is 0 Å². The summed E-state index contributed by atoms with van der Waals surface area (Å²) in [6.07, 6.45) is -0.457. The Morgan fingerprint density at radius 1 is 0.742 bits per heavy atom. The van der Waals surface area contributed by atoms with Crippen LogP contribution in [0.25, 0.3) is 0 Å². The van der Waals surface area contributed by atoms with Crippen molar-refractivity contribution in [2.45, 2.75) is 26.4 Å². The van der Waals surface area contributed by atoms with Crippen molar-refractivity contribution < 1.29 is 38.0 Å². The Morgan fingerprint density at radius 3 is 1.74 bits per heavy atom. The Hall–Kier alpha value is -2.20. The highest BCUT2D eigenvalue weighted by atomic mass is 16.6. The van der Waals surface area contributed by atoms with Crippen LogP contribution in [0.3, 0.4) is 0 Å². The van der Waals surface area contributed by atoms with Crippen LogP contribution in [0.5, 0.6) is 0 Å². The van der Waals surface area contributed by atoms with E-state index in [-0.39, 0.29) is 12.6 Å². The van der Waals surface area contributed by atoms with E-state index in [0.29, 0.717) is 65.0 Å². The lowest BCUT2D eigenvalue weighted by atomic mass is 10.2. The molecule has 0 fully saturated rings. The summed E-state index contributed by atoms with van der Waals surface area (Å²) in [7, 11) is 0. The summed E-state index contributed by atoms with van der Waals surface area (Å²) in [6.45, 7) is 9.33. The van der Waals surface area contributed by atoms with Crippen LogP contribution in [-0.2, 0) is 28.4 Å². The maximum absolute atomic E-state index is 11.7. The fourth-order valence-electron chi connectivity index (χ4n) is 2.15. The molecule has 0 aliphatic heterocycles. The largest absolute Gasteiger partial charge is 0.460 e. The molecule has 0 bridgehead atoms. The quantitative estimate of drug-likeness (QED) is 0.308. The van der Waals surface area contributed by atoms with Gasteiger partial charge in [-0.3, -0.25) is 0 Å². The number of carbonyl (C=O) groups is 2. The second-order valence-electron chi connectivity index (χ2n) is 7.38. The second kappa shape index (κ2) is 16.5.